The van der Waals surface area contributed by atoms with Gasteiger partial charge >= 0.3 is 0 Å². The molecular formula is C25H27N5O. The highest BCUT2D eigenvalue weighted by atomic mass is 16.2. The lowest BCUT2D eigenvalue weighted by Crippen LogP contribution is -2.22. The van der Waals surface area contributed by atoms with Crippen LogP contribution in [-0.2, 0) is 11.8 Å². The Hall–Kier alpha value is -3.80. The number of hydrogen-bond acceptors (Lipinski definition) is 4. The topological polar surface area (TPSA) is 53.4 Å². The number of amides is 1. The zero-order valence-corrected chi connectivity index (χ0v) is 18.5. The van der Waals surface area contributed by atoms with Gasteiger partial charge in [0.05, 0.1) is 5.52 Å². The van der Waals surface area contributed by atoms with E-state index in [0.29, 0.717) is 0 Å². The van der Waals surface area contributed by atoms with E-state index >= 15 is 0 Å². The molecule has 31 heavy (non-hydrogen) atoms. The van der Waals surface area contributed by atoms with E-state index in [2.05, 4.69) is 57.1 Å². The Balaban J connectivity index is 1.68. The monoisotopic (exact) mass is 413 g/mol. The predicted octanol–water partition coefficient (Wildman–Crippen LogP) is 5.03. The van der Waals surface area contributed by atoms with Gasteiger partial charge < -0.3 is 19.7 Å². The van der Waals surface area contributed by atoms with E-state index in [9.17, 15) is 4.79 Å². The fraction of sp³-hybridized carbons (Fsp3) is 0.200. The lowest BCUT2D eigenvalue weighted by molar-refractivity contribution is -0.116. The van der Waals surface area contributed by atoms with E-state index < -0.39 is 0 Å². The third kappa shape index (κ3) is 4.10. The van der Waals surface area contributed by atoms with Gasteiger partial charge in [-0.1, -0.05) is 18.2 Å². The van der Waals surface area contributed by atoms with Gasteiger partial charge in [-0.15, -0.1) is 0 Å². The first-order chi connectivity index (χ1) is 14.8. The third-order valence-corrected chi connectivity index (χ3v) is 5.56. The average molecular weight is 414 g/mol. The van der Waals surface area contributed by atoms with Gasteiger partial charge in [0, 0.05) is 81.1 Å². The van der Waals surface area contributed by atoms with Crippen LogP contribution in [0.4, 0.5) is 22.9 Å². The van der Waals surface area contributed by atoms with Crippen molar-refractivity contribution in [1.29, 1.82) is 0 Å². The molecule has 0 atom stereocenters. The van der Waals surface area contributed by atoms with Gasteiger partial charge in [-0.2, -0.15) is 0 Å². The molecule has 0 aliphatic heterocycles. The number of carbonyl (C=O) groups is 1. The Kier molecular flexibility index (Phi) is 5.38. The molecule has 2 aromatic carbocycles. The largest absolute Gasteiger partial charge is 0.378 e. The first-order valence-electron chi connectivity index (χ1n) is 10.2. The molecule has 0 unspecified atom stereocenters. The quantitative estimate of drug-likeness (QED) is 0.498. The van der Waals surface area contributed by atoms with Crippen molar-refractivity contribution in [3.05, 3.63) is 66.9 Å². The van der Waals surface area contributed by atoms with Crippen LogP contribution in [0.1, 0.15) is 6.92 Å². The molecule has 0 bridgehead atoms. The van der Waals surface area contributed by atoms with Crippen LogP contribution in [0, 0.1) is 0 Å². The lowest BCUT2D eigenvalue weighted by Gasteiger charge is -2.16. The summed E-state index contributed by atoms with van der Waals surface area (Å²) in [6, 6.07) is 20.4. The summed E-state index contributed by atoms with van der Waals surface area (Å²) in [6.45, 7) is 1.57. The van der Waals surface area contributed by atoms with Gasteiger partial charge in [-0.25, -0.2) is 4.98 Å². The van der Waals surface area contributed by atoms with Gasteiger partial charge in [-0.3, -0.25) is 4.79 Å². The molecule has 6 heteroatoms. The number of aryl methyl sites for hydroxylation is 1. The summed E-state index contributed by atoms with van der Waals surface area (Å²) < 4.78 is 2.16. The molecule has 6 nitrogen and oxygen atoms in total. The van der Waals surface area contributed by atoms with Crippen LogP contribution < -0.4 is 15.1 Å². The lowest BCUT2D eigenvalue weighted by atomic mass is 10.1. The minimum Gasteiger partial charge on any atom is -0.378 e. The van der Waals surface area contributed by atoms with Gasteiger partial charge in [-0.05, 0) is 36.4 Å². The van der Waals surface area contributed by atoms with Crippen LogP contribution in [0.5, 0.6) is 0 Å². The molecule has 0 aliphatic rings. The maximum atomic E-state index is 11.7. The molecule has 0 saturated carbocycles. The van der Waals surface area contributed by atoms with Gasteiger partial charge in [0.25, 0.3) is 0 Å². The van der Waals surface area contributed by atoms with Crippen LogP contribution in [0.2, 0.25) is 0 Å². The van der Waals surface area contributed by atoms with E-state index in [1.54, 1.807) is 18.9 Å². The van der Waals surface area contributed by atoms with E-state index in [1.807, 2.05) is 50.6 Å². The molecule has 1 N–H and O–H groups in total. The van der Waals surface area contributed by atoms with Crippen LogP contribution in [0.25, 0.3) is 22.2 Å². The van der Waals surface area contributed by atoms with Gasteiger partial charge in [0.2, 0.25) is 5.91 Å². The zero-order chi connectivity index (χ0) is 22.1. The third-order valence-electron chi connectivity index (χ3n) is 5.56. The Labute approximate surface area is 182 Å². The van der Waals surface area contributed by atoms with Crippen LogP contribution >= 0.6 is 0 Å². The highest BCUT2D eigenvalue weighted by Crippen LogP contribution is 2.31. The normalized spacial score (nSPS) is 10.9. The van der Waals surface area contributed by atoms with Crippen LogP contribution in [-0.4, -0.2) is 36.6 Å². The maximum absolute atomic E-state index is 11.7. The smallest absolute Gasteiger partial charge is 0.223 e. The molecule has 158 valence electrons. The highest BCUT2D eigenvalue weighted by Gasteiger charge is 2.12. The van der Waals surface area contributed by atoms with Crippen LogP contribution in [0.3, 0.4) is 0 Å². The number of carbonyl (C=O) groups excluding carboxylic acids is 1. The molecule has 0 radical (unpaired) electrons. The zero-order valence-electron chi connectivity index (χ0n) is 18.5. The summed E-state index contributed by atoms with van der Waals surface area (Å²) >= 11 is 0. The number of anilines is 4. The van der Waals surface area contributed by atoms with Crippen molar-refractivity contribution in [2.75, 3.05) is 36.3 Å². The second kappa shape index (κ2) is 8.14. The molecule has 0 aliphatic carbocycles. The number of hydrogen-bond donors (Lipinski definition) is 1. The van der Waals surface area contributed by atoms with Crippen molar-refractivity contribution in [2.45, 2.75) is 6.92 Å². The van der Waals surface area contributed by atoms with E-state index in [0.717, 1.165) is 45.0 Å². The van der Waals surface area contributed by atoms with E-state index in [4.69, 9.17) is 0 Å². The molecule has 4 aromatic rings. The second-order valence-corrected chi connectivity index (χ2v) is 7.92. The summed E-state index contributed by atoms with van der Waals surface area (Å²) in [5.74, 6) is 0.800. The summed E-state index contributed by atoms with van der Waals surface area (Å²) in [4.78, 5) is 20.1. The first-order valence-corrected chi connectivity index (χ1v) is 10.2. The van der Waals surface area contributed by atoms with Crippen molar-refractivity contribution >= 4 is 39.7 Å². The summed E-state index contributed by atoms with van der Waals surface area (Å²) in [7, 11) is 7.89. The Morgan fingerprint density at radius 2 is 1.71 bits per heavy atom. The van der Waals surface area contributed by atoms with Crippen molar-refractivity contribution in [3.8, 4) is 11.3 Å². The molecule has 2 aromatic heterocycles. The van der Waals surface area contributed by atoms with Crippen molar-refractivity contribution < 1.29 is 4.79 Å². The van der Waals surface area contributed by atoms with Crippen molar-refractivity contribution in [1.82, 2.24) is 9.55 Å². The highest BCUT2D eigenvalue weighted by molar-refractivity contribution is 5.93. The molecular weight excluding hydrogens is 386 g/mol. The molecule has 0 fully saturated rings. The summed E-state index contributed by atoms with van der Waals surface area (Å²) in [6.07, 6.45) is 1.89. The van der Waals surface area contributed by atoms with Crippen molar-refractivity contribution in [2.24, 2.45) is 7.05 Å². The van der Waals surface area contributed by atoms with Gasteiger partial charge in [0.15, 0.2) is 0 Å². The number of pyridine rings is 1. The predicted molar refractivity (Wildman–Crippen MR) is 129 cm³/mol. The van der Waals surface area contributed by atoms with Crippen LogP contribution in [0.15, 0.2) is 66.9 Å². The number of nitrogens with zero attached hydrogens (tertiary/aromatic N) is 4. The van der Waals surface area contributed by atoms with E-state index in [-0.39, 0.29) is 5.91 Å². The van der Waals surface area contributed by atoms with Gasteiger partial charge in [0.1, 0.15) is 5.82 Å². The molecule has 0 spiro atoms. The summed E-state index contributed by atoms with van der Waals surface area (Å²) in [5.41, 5.74) is 6.20. The minimum absolute atomic E-state index is 0.00689. The first kappa shape index (κ1) is 20.5. The second-order valence-electron chi connectivity index (χ2n) is 7.92. The Morgan fingerprint density at radius 1 is 0.968 bits per heavy atom. The van der Waals surface area contributed by atoms with Crippen molar-refractivity contribution in [3.63, 3.8) is 0 Å². The standard InChI is InChI=1S/C25H27N5O/c1-17(31)29(4)22-11-6-8-18(12-22)23-13-19-16-26-25(15-24(19)30(23)5)27-20-9-7-10-21(14-20)28(2)3/h6-16H,1-5H3,(H,26,27). The molecule has 0 saturated heterocycles. The number of aromatic nitrogens is 2. The fourth-order valence-electron chi connectivity index (χ4n) is 3.64. The molecule has 2 heterocycles. The number of fused-ring (bicyclic) bond motifs is 1. The maximum Gasteiger partial charge on any atom is 0.223 e. The Bertz CT molecular complexity index is 1260. The molecule has 4 rings (SSSR count). The fourth-order valence-corrected chi connectivity index (χ4v) is 3.64. The summed E-state index contributed by atoms with van der Waals surface area (Å²) in [5, 5.41) is 4.47. The van der Waals surface area contributed by atoms with E-state index in [1.165, 1.54) is 0 Å². The minimum atomic E-state index is 0.00689. The molecule has 1 amide bonds. The average Bonchev–Trinajstić information content (AvgIpc) is 3.09. The SMILES string of the molecule is CC(=O)N(C)c1cccc(-c2cc3cnc(Nc4cccc(N(C)C)c4)cc3n2C)c1. The number of benzene rings is 2. The number of rotatable bonds is 5. The Morgan fingerprint density at radius 3 is 2.45 bits per heavy atom. The number of nitrogens with one attached hydrogen (secondary N) is 1.